The van der Waals surface area contributed by atoms with Crippen molar-refractivity contribution < 1.29 is 23.7 Å². The molecule has 2 aliphatic heterocycles. The number of hydrogen-bond acceptors (Lipinski definition) is 5. The zero-order valence-electron chi connectivity index (χ0n) is 18.4. The van der Waals surface area contributed by atoms with E-state index in [4.69, 9.17) is 18.9 Å². The molecule has 0 aromatic heterocycles. The van der Waals surface area contributed by atoms with Crippen LogP contribution in [-0.4, -0.2) is 38.7 Å². The van der Waals surface area contributed by atoms with Gasteiger partial charge in [-0.2, -0.15) is 0 Å². The minimum absolute atomic E-state index is 0.113. The van der Waals surface area contributed by atoms with Crippen molar-refractivity contribution in [1.29, 1.82) is 0 Å². The van der Waals surface area contributed by atoms with Crippen molar-refractivity contribution in [2.45, 2.75) is 18.6 Å². The van der Waals surface area contributed by atoms with E-state index in [1.54, 1.807) is 33.5 Å². The van der Waals surface area contributed by atoms with Gasteiger partial charge in [-0.25, -0.2) is 0 Å². The van der Waals surface area contributed by atoms with E-state index < -0.39 is 5.60 Å². The third-order valence-electron chi connectivity index (χ3n) is 6.27. The molecule has 0 N–H and O–H groups in total. The molecule has 0 aliphatic carbocycles. The Morgan fingerprint density at radius 3 is 2.22 bits per heavy atom. The zero-order chi connectivity index (χ0) is 22.3. The molecule has 6 nitrogen and oxygen atoms in total. The summed E-state index contributed by atoms with van der Waals surface area (Å²) in [7, 11) is 4.63. The van der Waals surface area contributed by atoms with Gasteiger partial charge in [0.15, 0.2) is 17.1 Å². The molecule has 1 spiro atoms. The molecule has 2 aliphatic rings. The lowest BCUT2D eigenvalue weighted by atomic mass is 9.82. The van der Waals surface area contributed by atoms with E-state index in [0.717, 1.165) is 28.9 Å². The van der Waals surface area contributed by atoms with Gasteiger partial charge in [0.2, 0.25) is 5.75 Å². The van der Waals surface area contributed by atoms with Crippen LogP contribution in [-0.2, 0) is 18.6 Å². The summed E-state index contributed by atoms with van der Waals surface area (Å²) in [6.07, 6.45) is 0.721. The molecule has 0 radical (unpaired) electrons. The normalized spacial score (nSPS) is 18.5. The first-order valence-electron chi connectivity index (χ1n) is 10.5. The number of carbonyl (C=O) groups is 1. The van der Waals surface area contributed by atoms with Crippen LogP contribution in [0.2, 0.25) is 0 Å². The zero-order valence-corrected chi connectivity index (χ0v) is 18.4. The largest absolute Gasteiger partial charge is 0.493 e. The molecular weight excluding hydrogens is 406 g/mol. The van der Waals surface area contributed by atoms with Gasteiger partial charge in [-0.3, -0.25) is 4.79 Å². The fourth-order valence-electron chi connectivity index (χ4n) is 4.83. The standard InChI is InChI=1S/C26H25NO5/c1-29-22-12-19(13-23(30-2)24(22)31-3)25(28)27-15-18-9-4-6-10-20(18)26(16-27)14-17-8-5-7-11-21(17)32-26/h4-13H,14-16H2,1-3H3. The molecular formula is C26H25NO5. The summed E-state index contributed by atoms with van der Waals surface area (Å²) in [4.78, 5) is 15.5. The van der Waals surface area contributed by atoms with Crippen molar-refractivity contribution in [1.82, 2.24) is 4.90 Å². The lowest BCUT2D eigenvalue weighted by molar-refractivity contribution is 0.0223. The molecule has 0 saturated heterocycles. The van der Waals surface area contributed by atoms with E-state index in [0.29, 0.717) is 35.9 Å². The van der Waals surface area contributed by atoms with Crippen LogP contribution in [0.3, 0.4) is 0 Å². The molecule has 3 aromatic carbocycles. The average molecular weight is 431 g/mol. The molecule has 0 fully saturated rings. The van der Waals surface area contributed by atoms with E-state index in [-0.39, 0.29) is 5.91 Å². The van der Waals surface area contributed by atoms with Gasteiger partial charge in [-0.1, -0.05) is 42.5 Å². The summed E-state index contributed by atoms with van der Waals surface area (Å²) in [5.74, 6) is 2.13. The maximum absolute atomic E-state index is 13.7. The van der Waals surface area contributed by atoms with Gasteiger partial charge in [-0.05, 0) is 29.3 Å². The van der Waals surface area contributed by atoms with Gasteiger partial charge in [0, 0.05) is 24.1 Å². The van der Waals surface area contributed by atoms with Gasteiger partial charge in [0.1, 0.15) is 5.75 Å². The Hall–Kier alpha value is -3.67. The van der Waals surface area contributed by atoms with Crippen LogP contribution in [0.15, 0.2) is 60.7 Å². The maximum atomic E-state index is 13.7. The number of para-hydroxylation sites is 1. The number of fused-ring (bicyclic) bond motifs is 3. The number of ether oxygens (including phenoxy) is 4. The van der Waals surface area contributed by atoms with E-state index in [1.807, 2.05) is 35.2 Å². The highest BCUT2D eigenvalue weighted by molar-refractivity contribution is 5.96. The first kappa shape index (κ1) is 20.2. The average Bonchev–Trinajstić information content (AvgIpc) is 3.20. The Morgan fingerprint density at radius 1 is 0.906 bits per heavy atom. The van der Waals surface area contributed by atoms with Crippen LogP contribution in [0, 0.1) is 0 Å². The van der Waals surface area contributed by atoms with Gasteiger partial charge < -0.3 is 23.8 Å². The summed E-state index contributed by atoms with van der Waals surface area (Å²) in [6.45, 7) is 0.960. The lowest BCUT2D eigenvalue weighted by Gasteiger charge is -2.41. The topological polar surface area (TPSA) is 57.2 Å². The van der Waals surface area contributed by atoms with Crippen molar-refractivity contribution in [2.75, 3.05) is 27.9 Å². The van der Waals surface area contributed by atoms with Gasteiger partial charge >= 0.3 is 0 Å². The molecule has 164 valence electrons. The number of carbonyl (C=O) groups excluding carboxylic acids is 1. The quantitative estimate of drug-likeness (QED) is 0.620. The van der Waals surface area contributed by atoms with Crippen LogP contribution in [0.4, 0.5) is 0 Å². The first-order valence-corrected chi connectivity index (χ1v) is 10.5. The Bertz CT molecular complexity index is 1140. The highest BCUT2D eigenvalue weighted by atomic mass is 16.5. The molecule has 1 atom stereocenters. The van der Waals surface area contributed by atoms with Crippen molar-refractivity contribution in [2.24, 2.45) is 0 Å². The van der Waals surface area contributed by atoms with E-state index in [1.165, 1.54) is 0 Å². The smallest absolute Gasteiger partial charge is 0.254 e. The number of benzene rings is 3. The number of amides is 1. The molecule has 2 heterocycles. The molecule has 0 bridgehead atoms. The molecule has 3 aromatic rings. The van der Waals surface area contributed by atoms with Crippen molar-refractivity contribution in [3.63, 3.8) is 0 Å². The van der Waals surface area contributed by atoms with Crippen LogP contribution in [0.5, 0.6) is 23.0 Å². The molecule has 0 saturated carbocycles. The van der Waals surface area contributed by atoms with Crippen molar-refractivity contribution in [3.8, 4) is 23.0 Å². The summed E-state index contributed by atoms with van der Waals surface area (Å²) in [5, 5.41) is 0. The monoisotopic (exact) mass is 431 g/mol. The predicted molar refractivity (Wildman–Crippen MR) is 120 cm³/mol. The molecule has 1 unspecified atom stereocenters. The maximum Gasteiger partial charge on any atom is 0.254 e. The third kappa shape index (κ3) is 3.14. The number of methoxy groups -OCH3 is 3. The highest BCUT2D eigenvalue weighted by Crippen LogP contribution is 2.46. The summed E-state index contributed by atoms with van der Waals surface area (Å²) < 4.78 is 22.8. The Labute approximate surface area is 187 Å². The van der Waals surface area contributed by atoms with E-state index in [2.05, 4.69) is 18.2 Å². The third-order valence-corrected chi connectivity index (χ3v) is 6.27. The van der Waals surface area contributed by atoms with Crippen LogP contribution >= 0.6 is 0 Å². The number of nitrogens with zero attached hydrogens (tertiary/aromatic N) is 1. The second-order valence-electron chi connectivity index (χ2n) is 8.11. The molecule has 6 heteroatoms. The Balaban J connectivity index is 1.54. The predicted octanol–water partition coefficient (Wildman–Crippen LogP) is 4.20. The summed E-state index contributed by atoms with van der Waals surface area (Å²) in [5.41, 5.74) is 3.26. The summed E-state index contributed by atoms with van der Waals surface area (Å²) >= 11 is 0. The van der Waals surface area contributed by atoms with Crippen molar-refractivity contribution >= 4 is 5.91 Å². The van der Waals surface area contributed by atoms with Gasteiger partial charge in [0.25, 0.3) is 5.91 Å². The van der Waals surface area contributed by atoms with Crippen LogP contribution in [0.1, 0.15) is 27.0 Å². The van der Waals surface area contributed by atoms with E-state index >= 15 is 0 Å². The van der Waals surface area contributed by atoms with Gasteiger partial charge in [0.05, 0.1) is 27.9 Å². The minimum Gasteiger partial charge on any atom is -0.493 e. The second-order valence-corrected chi connectivity index (χ2v) is 8.11. The molecule has 5 rings (SSSR count). The van der Waals surface area contributed by atoms with Crippen molar-refractivity contribution in [3.05, 3.63) is 82.9 Å². The number of hydrogen-bond donors (Lipinski definition) is 0. The van der Waals surface area contributed by atoms with E-state index in [9.17, 15) is 4.79 Å². The Morgan fingerprint density at radius 2 is 1.56 bits per heavy atom. The SMILES string of the molecule is COc1cc(C(=O)N2Cc3ccccc3C3(Cc4ccccc4O3)C2)cc(OC)c1OC. The second kappa shape index (κ2) is 7.79. The fraction of sp³-hybridized carbons (Fsp3) is 0.269. The van der Waals surface area contributed by atoms with Crippen LogP contribution in [0.25, 0.3) is 0 Å². The first-order chi connectivity index (χ1) is 15.6. The minimum atomic E-state index is -0.602. The Kier molecular flexibility index (Phi) is 4.93. The fourth-order valence-corrected chi connectivity index (χ4v) is 4.83. The van der Waals surface area contributed by atoms with Gasteiger partial charge in [-0.15, -0.1) is 0 Å². The molecule has 32 heavy (non-hydrogen) atoms. The summed E-state index contributed by atoms with van der Waals surface area (Å²) in [6, 6.07) is 19.7. The number of rotatable bonds is 4. The van der Waals surface area contributed by atoms with Crippen LogP contribution < -0.4 is 18.9 Å². The highest BCUT2D eigenvalue weighted by Gasteiger charge is 2.47. The lowest BCUT2D eigenvalue weighted by Crippen LogP contribution is -2.50. The molecule has 1 amide bonds.